The van der Waals surface area contributed by atoms with Gasteiger partial charge in [-0.2, -0.15) is 0 Å². The Balaban J connectivity index is 3.03. The molecule has 0 aromatic carbocycles. The van der Waals surface area contributed by atoms with E-state index in [1.807, 2.05) is 0 Å². The summed E-state index contributed by atoms with van der Waals surface area (Å²) in [5.41, 5.74) is 8.09. The molecular weight excluding hydrogens is 224 g/mol. The van der Waals surface area contributed by atoms with Gasteiger partial charge in [0.05, 0.1) is 0 Å². The number of halogens is 1. The molecule has 0 unspecified atom stereocenters. The minimum absolute atomic E-state index is 0.127. The first-order chi connectivity index (χ1) is 5.74. The summed E-state index contributed by atoms with van der Waals surface area (Å²) in [6, 6.07) is 3.16. The molecule has 1 rings (SSSR count). The molecule has 0 saturated heterocycles. The van der Waals surface area contributed by atoms with Crippen LogP contribution in [0.2, 0.25) is 0 Å². The number of azide groups is 1. The number of rotatable bonds is 1. The van der Waals surface area contributed by atoms with Gasteiger partial charge in [0.1, 0.15) is 5.69 Å². The van der Waals surface area contributed by atoms with Crippen LogP contribution in [0, 0.1) is 0 Å². The number of pyridine rings is 1. The molecule has 1 heterocycles. The second-order valence-electron chi connectivity index (χ2n) is 1.85. The summed E-state index contributed by atoms with van der Waals surface area (Å²) in [4.78, 5) is 17.0. The molecule has 1 amide bonds. The van der Waals surface area contributed by atoms with Gasteiger partial charge >= 0.3 is 0 Å². The van der Waals surface area contributed by atoms with Gasteiger partial charge in [0.2, 0.25) is 0 Å². The molecule has 0 fully saturated rings. The van der Waals surface area contributed by atoms with E-state index in [1.165, 1.54) is 12.3 Å². The minimum atomic E-state index is -0.682. The molecule has 1 aromatic rings. The predicted octanol–water partition coefficient (Wildman–Crippen LogP) is 2.29. The third kappa shape index (κ3) is 2.05. The fourth-order valence-corrected chi connectivity index (χ4v) is 0.949. The van der Waals surface area contributed by atoms with Gasteiger partial charge in [0.15, 0.2) is 0 Å². The first kappa shape index (κ1) is 8.70. The van der Waals surface area contributed by atoms with Crippen molar-refractivity contribution in [1.82, 2.24) is 4.98 Å². The number of nitrogens with zero attached hydrogens (tertiary/aromatic N) is 4. The van der Waals surface area contributed by atoms with E-state index < -0.39 is 5.91 Å². The number of carbonyl (C=O) groups is 1. The van der Waals surface area contributed by atoms with Gasteiger partial charge in [0, 0.05) is 15.6 Å². The molecule has 0 aliphatic rings. The molecule has 0 bridgehead atoms. The lowest BCUT2D eigenvalue weighted by atomic mass is 10.3. The van der Waals surface area contributed by atoms with Crippen molar-refractivity contribution < 1.29 is 4.79 Å². The Bertz CT molecular complexity index is 358. The summed E-state index contributed by atoms with van der Waals surface area (Å²) in [7, 11) is 0. The molecule has 12 heavy (non-hydrogen) atoms. The van der Waals surface area contributed by atoms with Crippen molar-refractivity contribution in [3.8, 4) is 0 Å². The van der Waals surface area contributed by atoms with Crippen LogP contribution in [0.3, 0.4) is 0 Å². The van der Waals surface area contributed by atoms with Crippen molar-refractivity contribution >= 4 is 21.8 Å². The molecule has 0 aliphatic carbocycles. The Hall–Kier alpha value is -1.39. The van der Waals surface area contributed by atoms with Crippen LogP contribution in [0.5, 0.6) is 0 Å². The van der Waals surface area contributed by atoms with Gasteiger partial charge in [-0.1, -0.05) is 15.9 Å². The van der Waals surface area contributed by atoms with Gasteiger partial charge in [-0.15, -0.1) is 0 Å². The number of carbonyl (C=O) groups excluding carboxylic acids is 1. The number of hydrogen-bond acceptors (Lipinski definition) is 2. The first-order valence-electron chi connectivity index (χ1n) is 2.95. The third-order valence-corrected chi connectivity index (χ3v) is 1.57. The highest BCUT2D eigenvalue weighted by Crippen LogP contribution is 2.09. The lowest BCUT2D eigenvalue weighted by Gasteiger charge is -1.92. The van der Waals surface area contributed by atoms with E-state index in [2.05, 4.69) is 30.9 Å². The van der Waals surface area contributed by atoms with Gasteiger partial charge in [-0.3, -0.25) is 9.78 Å². The molecular formula is C6H3BrN4O. The zero-order valence-electron chi connectivity index (χ0n) is 5.81. The quantitative estimate of drug-likeness (QED) is 0.419. The average Bonchev–Trinajstić information content (AvgIpc) is 2.05. The average molecular weight is 227 g/mol. The molecule has 0 atom stereocenters. The van der Waals surface area contributed by atoms with Gasteiger partial charge < -0.3 is 0 Å². The van der Waals surface area contributed by atoms with Crippen molar-refractivity contribution in [1.29, 1.82) is 0 Å². The minimum Gasteiger partial charge on any atom is -0.285 e. The predicted molar refractivity (Wildman–Crippen MR) is 45.4 cm³/mol. The molecule has 5 nitrogen and oxygen atoms in total. The molecule has 0 N–H and O–H groups in total. The molecule has 6 heteroatoms. The summed E-state index contributed by atoms with van der Waals surface area (Å²) in [5.74, 6) is -0.682. The number of hydrogen-bond donors (Lipinski definition) is 0. The fraction of sp³-hybridized carbons (Fsp3) is 0. The fourth-order valence-electron chi connectivity index (χ4n) is 0.614. The highest BCUT2D eigenvalue weighted by atomic mass is 79.9. The Kier molecular flexibility index (Phi) is 2.79. The molecule has 0 spiro atoms. The molecule has 60 valence electrons. The normalized spacial score (nSPS) is 8.75. The monoisotopic (exact) mass is 226 g/mol. The summed E-state index contributed by atoms with van der Waals surface area (Å²) < 4.78 is 0.717. The second kappa shape index (κ2) is 3.85. The van der Waals surface area contributed by atoms with E-state index in [1.54, 1.807) is 6.07 Å². The molecule has 0 aliphatic heterocycles. The Morgan fingerprint density at radius 3 is 3.08 bits per heavy atom. The smallest absolute Gasteiger partial charge is 0.267 e. The Morgan fingerprint density at radius 1 is 1.75 bits per heavy atom. The molecule has 1 aromatic heterocycles. The van der Waals surface area contributed by atoms with Gasteiger partial charge in [-0.05, 0) is 22.8 Å². The molecule has 0 radical (unpaired) electrons. The number of aromatic nitrogens is 1. The highest BCUT2D eigenvalue weighted by Gasteiger charge is 2.03. The second-order valence-corrected chi connectivity index (χ2v) is 2.77. The van der Waals surface area contributed by atoms with Crippen LogP contribution in [0.15, 0.2) is 27.9 Å². The maximum absolute atomic E-state index is 10.9. The standard InChI is InChI=1S/C6H3BrN4O/c7-4-1-2-9-5(3-4)6(12)10-11-8/h1-3H. The third-order valence-electron chi connectivity index (χ3n) is 1.08. The molecule has 0 saturated carbocycles. The van der Waals surface area contributed by atoms with Crippen molar-refractivity contribution in [3.63, 3.8) is 0 Å². The van der Waals surface area contributed by atoms with Crippen LogP contribution in [0.4, 0.5) is 0 Å². The summed E-state index contributed by atoms with van der Waals surface area (Å²) in [6.45, 7) is 0. The van der Waals surface area contributed by atoms with Gasteiger partial charge in [-0.25, -0.2) is 0 Å². The maximum atomic E-state index is 10.9. The van der Waals surface area contributed by atoms with E-state index in [4.69, 9.17) is 5.53 Å². The van der Waals surface area contributed by atoms with Crippen LogP contribution < -0.4 is 0 Å². The van der Waals surface area contributed by atoms with Crippen LogP contribution in [0.1, 0.15) is 10.5 Å². The van der Waals surface area contributed by atoms with E-state index in [0.29, 0.717) is 4.47 Å². The van der Waals surface area contributed by atoms with E-state index >= 15 is 0 Å². The van der Waals surface area contributed by atoms with Crippen LogP contribution >= 0.6 is 15.9 Å². The number of amides is 1. The lowest BCUT2D eigenvalue weighted by molar-refractivity contribution is 0.0995. The van der Waals surface area contributed by atoms with Crippen LogP contribution in [-0.4, -0.2) is 10.9 Å². The maximum Gasteiger partial charge on any atom is 0.267 e. The Morgan fingerprint density at radius 2 is 2.50 bits per heavy atom. The van der Waals surface area contributed by atoms with E-state index in [9.17, 15) is 4.79 Å². The summed E-state index contributed by atoms with van der Waals surface area (Å²) >= 11 is 3.15. The van der Waals surface area contributed by atoms with Crippen molar-refractivity contribution in [2.24, 2.45) is 5.11 Å². The van der Waals surface area contributed by atoms with Crippen molar-refractivity contribution in [2.45, 2.75) is 0 Å². The highest BCUT2D eigenvalue weighted by molar-refractivity contribution is 9.10. The topological polar surface area (TPSA) is 78.7 Å². The first-order valence-corrected chi connectivity index (χ1v) is 3.74. The van der Waals surface area contributed by atoms with Crippen LogP contribution in [0.25, 0.3) is 10.4 Å². The van der Waals surface area contributed by atoms with Crippen molar-refractivity contribution in [3.05, 3.63) is 38.9 Å². The van der Waals surface area contributed by atoms with Crippen LogP contribution in [-0.2, 0) is 0 Å². The lowest BCUT2D eigenvalue weighted by Crippen LogP contribution is -1.96. The Labute approximate surface area is 76.2 Å². The zero-order chi connectivity index (χ0) is 8.97. The van der Waals surface area contributed by atoms with E-state index in [-0.39, 0.29) is 5.69 Å². The van der Waals surface area contributed by atoms with Gasteiger partial charge in [0.25, 0.3) is 5.91 Å². The zero-order valence-corrected chi connectivity index (χ0v) is 7.39. The van der Waals surface area contributed by atoms with Crippen molar-refractivity contribution in [2.75, 3.05) is 0 Å². The largest absolute Gasteiger partial charge is 0.285 e. The van der Waals surface area contributed by atoms with E-state index in [0.717, 1.165) is 0 Å². The summed E-state index contributed by atoms with van der Waals surface area (Å²) in [6.07, 6.45) is 1.45. The summed E-state index contributed by atoms with van der Waals surface area (Å²) in [5, 5.41) is 2.89. The SMILES string of the molecule is [N-]=[N+]=NC(=O)c1cc(Br)ccn1.